The summed E-state index contributed by atoms with van der Waals surface area (Å²) in [4.78, 5) is 31.1. The number of hydrogen-bond donors (Lipinski definition) is 1. The standard InChI is InChI=1S/C36H42N2O6/c1-5-37(6-2)18-11-19-38-33(26-14-17-30(31(22-26)42-7-3)43-23-25-12-9-8-10-13-25)32(35(40)36(38)41)34(39)27-15-16-29-28(21-27)20-24(4)44-29/h8-10,12-17,21-22,24,33,39H,5-7,11,18-20,23H2,1-4H3/t24-,33+/m0/s1. The van der Waals surface area contributed by atoms with Crippen molar-refractivity contribution in [2.45, 2.75) is 59.3 Å². The molecule has 2 heterocycles. The second kappa shape index (κ2) is 14.0. The van der Waals surface area contributed by atoms with E-state index in [1.807, 2.05) is 74.5 Å². The number of carbonyl (C=O) groups is 2. The Kier molecular flexibility index (Phi) is 9.90. The molecule has 2 atom stereocenters. The van der Waals surface area contributed by atoms with Gasteiger partial charge in [-0.05, 0) is 86.9 Å². The third-order valence-corrected chi connectivity index (χ3v) is 8.30. The smallest absolute Gasteiger partial charge is 0.295 e. The maximum absolute atomic E-state index is 13.6. The molecule has 0 bridgehead atoms. The van der Waals surface area contributed by atoms with E-state index in [4.69, 9.17) is 14.2 Å². The number of hydrogen-bond acceptors (Lipinski definition) is 7. The fourth-order valence-corrected chi connectivity index (χ4v) is 6.00. The number of fused-ring (bicyclic) bond motifs is 1. The lowest BCUT2D eigenvalue weighted by molar-refractivity contribution is -0.140. The van der Waals surface area contributed by atoms with Crippen LogP contribution in [0.4, 0.5) is 0 Å². The average Bonchev–Trinajstić information content (AvgIpc) is 3.53. The van der Waals surface area contributed by atoms with Gasteiger partial charge in [-0.2, -0.15) is 0 Å². The highest BCUT2D eigenvalue weighted by Crippen LogP contribution is 2.43. The molecule has 8 heteroatoms. The van der Waals surface area contributed by atoms with Crippen molar-refractivity contribution < 1.29 is 28.9 Å². The minimum atomic E-state index is -0.780. The third-order valence-electron chi connectivity index (χ3n) is 8.30. The fourth-order valence-electron chi connectivity index (χ4n) is 6.00. The Morgan fingerprint density at radius 3 is 2.48 bits per heavy atom. The number of nitrogens with zero attached hydrogens (tertiary/aromatic N) is 2. The molecular weight excluding hydrogens is 556 g/mol. The van der Waals surface area contributed by atoms with Gasteiger partial charge in [0.05, 0.1) is 18.2 Å². The molecule has 5 rings (SSSR count). The van der Waals surface area contributed by atoms with E-state index < -0.39 is 17.7 Å². The number of ketones is 1. The molecule has 0 aliphatic carbocycles. The van der Waals surface area contributed by atoms with Gasteiger partial charge in [0.1, 0.15) is 24.2 Å². The normalized spacial score (nSPS) is 18.9. The molecule has 44 heavy (non-hydrogen) atoms. The van der Waals surface area contributed by atoms with Gasteiger partial charge >= 0.3 is 0 Å². The summed E-state index contributed by atoms with van der Waals surface area (Å²) in [6.45, 7) is 11.8. The van der Waals surface area contributed by atoms with Crippen LogP contribution in [0.1, 0.15) is 62.4 Å². The van der Waals surface area contributed by atoms with E-state index in [1.165, 1.54) is 0 Å². The van der Waals surface area contributed by atoms with Crippen molar-refractivity contribution in [2.24, 2.45) is 0 Å². The van der Waals surface area contributed by atoms with Gasteiger partial charge in [-0.15, -0.1) is 0 Å². The monoisotopic (exact) mass is 598 g/mol. The molecule has 1 fully saturated rings. The number of likely N-dealkylation sites (tertiary alicyclic amines) is 1. The molecule has 0 saturated carbocycles. The Balaban J connectivity index is 1.53. The van der Waals surface area contributed by atoms with Crippen LogP contribution in [0.2, 0.25) is 0 Å². The second-order valence-corrected chi connectivity index (χ2v) is 11.2. The summed E-state index contributed by atoms with van der Waals surface area (Å²) in [7, 11) is 0. The van der Waals surface area contributed by atoms with Crippen molar-refractivity contribution in [1.82, 2.24) is 9.80 Å². The number of benzene rings is 3. The molecule has 232 valence electrons. The molecule has 3 aromatic rings. The van der Waals surface area contributed by atoms with E-state index in [1.54, 1.807) is 11.0 Å². The topological polar surface area (TPSA) is 88.5 Å². The number of aliphatic hydroxyl groups excluding tert-OH is 1. The lowest BCUT2D eigenvalue weighted by Gasteiger charge is -2.27. The van der Waals surface area contributed by atoms with Crippen LogP contribution < -0.4 is 14.2 Å². The van der Waals surface area contributed by atoms with Crippen molar-refractivity contribution in [3.8, 4) is 17.2 Å². The van der Waals surface area contributed by atoms with Crippen LogP contribution in [0.15, 0.2) is 72.3 Å². The molecule has 0 unspecified atom stereocenters. The summed E-state index contributed by atoms with van der Waals surface area (Å²) in [6.07, 6.45) is 1.44. The molecule has 2 aliphatic heterocycles. The minimum absolute atomic E-state index is 0.0402. The molecule has 1 saturated heterocycles. The zero-order chi connectivity index (χ0) is 31.2. The van der Waals surface area contributed by atoms with Crippen molar-refractivity contribution >= 4 is 17.4 Å². The number of rotatable bonds is 13. The van der Waals surface area contributed by atoms with Crippen molar-refractivity contribution in [2.75, 3.05) is 32.8 Å². The molecular formula is C36H42N2O6. The van der Waals surface area contributed by atoms with E-state index in [0.717, 1.165) is 36.5 Å². The molecule has 1 N–H and O–H groups in total. The molecule has 3 aromatic carbocycles. The first-order valence-electron chi connectivity index (χ1n) is 15.6. The first-order chi connectivity index (χ1) is 21.3. The molecule has 0 radical (unpaired) electrons. The SMILES string of the molecule is CCOc1cc([C@@H]2C(=C(O)c3ccc4c(c3)C[C@H](C)O4)C(=O)C(=O)N2CCCN(CC)CC)ccc1OCc1ccccc1. The first-order valence-corrected chi connectivity index (χ1v) is 15.6. The van der Waals surface area contributed by atoms with Gasteiger partial charge in [0.2, 0.25) is 0 Å². The number of aliphatic hydroxyl groups is 1. The van der Waals surface area contributed by atoms with Crippen LogP contribution in [0.5, 0.6) is 17.2 Å². The summed E-state index contributed by atoms with van der Waals surface area (Å²) in [5.74, 6) is 0.350. The fraction of sp³-hybridized carbons (Fsp3) is 0.389. The maximum Gasteiger partial charge on any atom is 0.295 e. The summed E-state index contributed by atoms with van der Waals surface area (Å²) in [5, 5.41) is 11.7. The highest BCUT2D eigenvalue weighted by atomic mass is 16.5. The van der Waals surface area contributed by atoms with Gasteiger partial charge in [-0.25, -0.2) is 0 Å². The zero-order valence-corrected chi connectivity index (χ0v) is 26.0. The van der Waals surface area contributed by atoms with Crippen LogP contribution in [0.25, 0.3) is 5.76 Å². The number of ether oxygens (including phenoxy) is 3. The zero-order valence-electron chi connectivity index (χ0n) is 26.0. The van der Waals surface area contributed by atoms with E-state index >= 15 is 0 Å². The van der Waals surface area contributed by atoms with Crippen LogP contribution in [0.3, 0.4) is 0 Å². The van der Waals surface area contributed by atoms with E-state index in [0.29, 0.717) is 55.2 Å². The highest BCUT2D eigenvalue weighted by molar-refractivity contribution is 6.46. The Morgan fingerprint density at radius 1 is 0.977 bits per heavy atom. The van der Waals surface area contributed by atoms with E-state index in [-0.39, 0.29) is 17.4 Å². The predicted molar refractivity (Wildman–Crippen MR) is 170 cm³/mol. The Morgan fingerprint density at radius 2 is 1.75 bits per heavy atom. The molecule has 0 spiro atoms. The first kappa shape index (κ1) is 31.1. The third kappa shape index (κ3) is 6.60. The lowest BCUT2D eigenvalue weighted by atomic mass is 9.94. The largest absolute Gasteiger partial charge is 0.507 e. The second-order valence-electron chi connectivity index (χ2n) is 11.2. The van der Waals surface area contributed by atoms with Crippen LogP contribution in [0, 0.1) is 0 Å². The van der Waals surface area contributed by atoms with Crippen molar-refractivity contribution in [3.05, 3.63) is 94.6 Å². The predicted octanol–water partition coefficient (Wildman–Crippen LogP) is 6.14. The summed E-state index contributed by atoms with van der Waals surface area (Å²) in [6, 6.07) is 20.0. The number of amides is 1. The molecule has 2 aliphatic rings. The summed E-state index contributed by atoms with van der Waals surface area (Å²) >= 11 is 0. The van der Waals surface area contributed by atoms with Crippen LogP contribution in [-0.4, -0.2) is 65.5 Å². The van der Waals surface area contributed by atoms with Gasteiger partial charge in [-0.1, -0.05) is 50.2 Å². The molecule has 8 nitrogen and oxygen atoms in total. The molecule has 1 amide bonds. The highest BCUT2D eigenvalue weighted by Gasteiger charge is 2.46. The van der Waals surface area contributed by atoms with Gasteiger partial charge in [0.25, 0.3) is 11.7 Å². The van der Waals surface area contributed by atoms with Crippen molar-refractivity contribution in [3.63, 3.8) is 0 Å². The lowest BCUT2D eigenvalue weighted by Crippen LogP contribution is -2.33. The number of carbonyl (C=O) groups excluding carboxylic acids is 2. The quantitative estimate of drug-likeness (QED) is 0.144. The Hall–Kier alpha value is -4.30. The summed E-state index contributed by atoms with van der Waals surface area (Å²) < 4.78 is 17.9. The van der Waals surface area contributed by atoms with Gasteiger partial charge < -0.3 is 29.1 Å². The summed E-state index contributed by atoms with van der Waals surface area (Å²) in [5.41, 5.74) is 3.22. The maximum atomic E-state index is 13.6. The molecule has 0 aromatic heterocycles. The van der Waals surface area contributed by atoms with Gasteiger partial charge in [0, 0.05) is 18.5 Å². The minimum Gasteiger partial charge on any atom is -0.507 e. The Bertz CT molecular complexity index is 1510. The van der Waals surface area contributed by atoms with Gasteiger partial charge in [-0.3, -0.25) is 9.59 Å². The van der Waals surface area contributed by atoms with Crippen LogP contribution in [-0.2, 0) is 22.6 Å². The van der Waals surface area contributed by atoms with Crippen LogP contribution >= 0.6 is 0 Å². The van der Waals surface area contributed by atoms with E-state index in [9.17, 15) is 14.7 Å². The average molecular weight is 599 g/mol. The van der Waals surface area contributed by atoms with Gasteiger partial charge in [0.15, 0.2) is 11.5 Å². The Labute approximate surface area is 259 Å². The number of Topliss-reactive ketones (excluding diaryl/α,β-unsaturated/α-hetero) is 1. The van der Waals surface area contributed by atoms with Crippen molar-refractivity contribution in [1.29, 1.82) is 0 Å². The van der Waals surface area contributed by atoms with E-state index in [2.05, 4.69) is 18.7 Å².